The van der Waals surface area contributed by atoms with E-state index in [-0.39, 0.29) is 0 Å². The average molecular weight is 180 g/mol. The molecule has 0 nitrogen and oxygen atoms in total. The highest BCUT2D eigenvalue weighted by Gasteiger charge is 2.25. The molecule has 0 bridgehead atoms. The van der Waals surface area contributed by atoms with Crippen LogP contribution in [0, 0.1) is 6.42 Å². The number of alkyl halides is 5. The third-order valence-electron chi connectivity index (χ3n) is 0.527. The van der Waals surface area contributed by atoms with E-state index >= 15 is 0 Å². The van der Waals surface area contributed by atoms with E-state index in [2.05, 4.69) is 23.2 Å². The third-order valence-corrected chi connectivity index (χ3v) is 0.860. The summed E-state index contributed by atoms with van der Waals surface area (Å²) >= 11 is 9.06. The van der Waals surface area contributed by atoms with Crippen molar-refractivity contribution in [3.05, 3.63) is 6.42 Å². The van der Waals surface area contributed by atoms with Crippen molar-refractivity contribution in [2.24, 2.45) is 0 Å². The van der Waals surface area contributed by atoms with E-state index in [1.54, 1.807) is 0 Å². The van der Waals surface area contributed by atoms with Crippen LogP contribution in [0.15, 0.2) is 0 Å². The molecule has 1 radical (unpaired) electrons. The molecule has 0 rings (SSSR count). The second-order valence-electron chi connectivity index (χ2n) is 1.39. The number of rotatable bonds is 3. The normalized spacial score (nSPS) is 15.7. The van der Waals surface area contributed by atoms with Crippen LogP contribution in [0.5, 0.6) is 0 Å². The molecule has 0 N–H and O–H groups in total. The van der Waals surface area contributed by atoms with Crippen LogP contribution in [0.3, 0.4) is 0 Å². The second kappa shape index (κ2) is 3.52. The van der Waals surface area contributed by atoms with Crippen LogP contribution in [0.1, 0.15) is 6.42 Å². The van der Waals surface area contributed by atoms with Gasteiger partial charge in [-0.05, 0) is 11.6 Å². The molecule has 1 atom stereocenters. The Morgan fingerprint density at radius 3 is 2.11 bits per heavy atom. The predicted octanol–water partition coefficient (Wildman–Crippen LogP) is 2.95. The van der Waals surface area contributed by atoms with Gasteiger partial charge in [-0.15, -0.1) is 0 Å². The van der Waals surface area contributed by atoms with Crippen LogP contribution in [0.2, 0.25) is 0 Å². The van der Waals surface area contributed by atoms with E-state index in [1.807, 2.05) is 0 Å². The largest absolute Gasteiger partial charge is 0.322 e. The van der Waals surface area contributed by atoms with E-state index in [0.29, 0.717) is 6.42 Å². The smallest absolute Gasteiger partial charge is 0.230 e. The summed E-state index contributed by atoms with van der Waals surface area (Å²) in [4.78, 5) is 0. The highest BCUT2D eigenvalue weighted by Crippen LogP contribution is 2.26. The van der Waals surface area contributed by atoms with Gasteiger partial charge in [0.2, 0.25) is 0 Å². The lowest BCUT2D eigenvalue weighted by molar-refractivity contribution is 0.0929. The first kappa shape index (κ1) is 9.37. The summed E-state index contributed by atoms with van der Waals surface area (Å²) in [6, 6.07) is 0. The minimum atomic E-state index is -3.38. The van der Waals surface area contributed by atoms with Crippen LogP contribution >= 0.6 is 23.2 Å². The lowest BCUT2D eigenvalue weighted by Crippen LogP contribution is -2.07. The van der Waals surface area contributed by atoms with Crippen molar-refractivity contribution in [3.63, 3.8) is 0 Å². The highest BCUT2D eigenvalue weighted by molar-refractivity contribution is 6.22. The molecule has 0 amide bonds. The second-order valence-corrected chi connectivity index (χ2v) is 2.36. The van der Waals surface area contributed by atoms with E-state index in [1.165, 1.54) is 0 Å². The summed E-state index contributed by atoms with van der Waals surface area (Å²) in [7, 11) is 0. The van der Waals surface area contributed by atoms with E-state index < -0.39 is 17.4 Å². The number of hydrogen-bond acceptors (Lipinski definition) is 0. The lowest BCUT2D eigenvalue weighted by Gasteiger charge is -2.05. The topological polar surface area (TPSA) is 0 Å². The minimum Gasteiger partial charge on any atom is -0.230 e. The zero-order valence-corrected chi connectivity index (χ0v) is 5.76. The standard InChI is InChI=1S/C4H4Cl2F3/c5-3(7)1-2-4(6,8)9/h1,3H,2H2. The molecule has 55 valence electrons. The first-order valence-electron chi connectivity index (χ1n) is 2.10. The van der Waals surface area contributed by atoms with Gasteiger partial charge in [-0.3, -0.25) is 0 Å². The first-order valence-corrected chi connectivity index (χ1v) is 2.91. The predicted molar refractivity (Wildman–Crippen MR) is 30.5 cm³/mol. The van der Waals surface area contributed by atoms with Crippen LogP contribution < -0.4 is 0 Å². The summed E-state index contributed by atoms with van der Waals surface area (Å²) in [6.07, 6.45) is -0.256. The molecule has 0 aliphatic carbocycles. The molecule has 5 heteroatoms. The van der Waals surface area contributed by atoms with Crippen molar-refractivity contribution in [1.82, 2.24) is 0 Å². The SMILES string of the molecule is FC(Cl)[CH]CC(F)(F)Cl. The van der Waals surface area contributed by atoms with Crippen LogP contribution in [0.25, 0.3) is 0 Å². The van der Waals surface area contributed by atoms with Crippen molar-refractivity contribution in [3.8, 4) is 0 Å². The molecule has 0 fully saturated rings. The summed E-state index contributed by atoms with van der Waals surface area (Å²) in [5.74, 6) is 0. The summed E-state index contributed by atoms with van der Waals surface area (Å²) in [6.45, 7) is 0. The minimum absolute atomic E-state index is 0.592. The lowest BCUT2D eigenvalue weighted by atomic mass is 10.3. The van der Waals surface area contributed by atoms with Crippen molar-refractivity contribution < 1.29 is 13.2 Å². The molecule has 0 aromatic rings. The Balaban J connectivity index is 3.28. The van der Waals surface area contributed by atoms with Gasteiger partial charge in [-0.2, -0.15) is 8.78 Å². The van der Waals surface area contributed by atoms with Gasteiger partial charge in [-0.25, -0.2) is 4.39 Å². The molecule has 0 spiro atoms. The molecule has 0 aliphatic rings. The maximum Gasteiger partial charge on any atom is 0.322 e. The molecule has 0 aromatic carbocycles. The number of halogens is 5. The van der Waals surface area contributed by atoms with Gasteiger partial charge in [0, 0.05) is 12.8 Å². The van der Waals surface area contributed by atoms with E-state index in [0.717, 1.165) is 0 Å². The molecule has 0 saturated heterocycles. The summed E-state index contributed by atoms with van der Waals surface area (Å²) in [5.41, 5.74) is -1.85. The van der Waals surface area contributed by atoms with Crippen LogP contribution in [0.4, 0.5) is 13.2 Å². The van der Waals surface area contributed by atoms with Crippen LogP contribution in [-0.4, -0.2) is 11.0 Å². The molecule has 1 unspecified atom stereocenters. The Labute approximate surface area is 60.9 Å². The summed E-state index contributed by atoms with van der Waals surface area (Å²) < 4.78 is 34.7. The van der Waals surface area contributed by atoms with E-state index in [9.17, 15) is 13.2 Å². The number of hydrogen-bond donors (Lipinski definition) is 0. The molecule has 0 aliphatic heterocycles. The van der Waals surface area contributed by atoms with Gasteiger partial charge < -0.3 is 0 Å². The van der Waals surface area contributed by atoms with E-state index in [4.69, 9.17) is 0 Å². The van der Waals surface area contributed by atoms with Crippen molar-refractivity contribution in [2.75, 3.05) is 0 Å². The van der Waals surface area contributed by atoms with Crippen LogP contribution in [-0.2, 0) is 0 Å². The maximum absolute atomic E-state index is 11.6. The fourth-order valence-corrected chi connectivity index (χ4v) is 0.401. The fourth-order valence-electron chi connectivity index (χ4n) is 0.223. The molecular weight excluding hydrogens is 176 g/mol. The van der Waals surface area contributed by atoms with Gasteiger partial charge in [-0.1, -0.05) is 11.6 Å². The quantitative estimate of drug-likeness (QED) is 0.585. The van der Waals surface area contributed by atoms with Gasteiger partial charge in [0.05, 0.1) is 0 Å². The molecule has 9 heavy (non-hydrogen) atoms. The van der Waals surface area contributed by atoms with Crippen molar-refractivity contribution in [1.29, 1.82) is 0 Å². The molecule has 0 saturated carbocycles. The zero-order chi connectivity index (χ0) is 7.49. The molecular formula is C4H4Cl2F3. The fraction of sp³-hybridized carbons (Fsp3) is 0.750. The first-order chi connectivity index (χ1) is 3.92. The average Bonchev–Trinajstić information content (AvgIpc) is 1.59. The van der Waals surface area contributed by atoms with Gasteiger partial charge in [0.15, 0.2) is 5.63 Å². The van der Waals surface area contributed by atoms with Crippen molar-refractivity contribution in [2.45, 2.75) is 17.4 Å². The van der Waals surface area contributed by atoms with Gasteiger partial charge in [0.25, 0.3) is 0 Å². The Morgan fingerprint density at radius 1 is 1.56 bits per heavy atom. The van der Waals surface area contributed by atoms with Gasteiger partial charge in [0.1, 0.15) is 0 Å². The Kier molecular flexibility index (Phi) is 3.66. The highest BCUT2D eigenvalue weighted by atomic mass is 35.5. The van der Waals surface area contributed by atoms with Crippen molar-refractivity contribution >= 4 is 23.2 Å². The monoisotopic (exact) mass is 179 g/mol. The Morgan fingerprint density at radius 2 is 2.00 bits per heavy atom. The molecule has 0 aromatic heterocycles. The Hall–Kier alpha value is 0.370. The maximum atomic E-state index is 11.6. The molecule has 0 heterocycles. The summed E-state index contributed by atoms with van der Waals surface area (Å²) in [5, 5.41) is -3.38. The Bertz CT molecular complexity index is 78.4. The third kappa shape index (κ3) is 8.37. The zero-order valence-electron chi connectivity index (χ0n) is 4.25. The van der Waals surface area contributed by atoms with Gasteiger partial charge >= 0.3 is 5.38 Å².